The molecule has 0 bridgehead atoms. The number of carbonyl (C=O) groups excluding carboxylic acids is 1. The largest absolute Gasteiger partial charge is 0.372 e. The van der Waals surface area contributed by atoms with Crippen molar-refractivity contribution < 1.29 is 9.53 Å². The van der Waals surface area contributed by atoms with Crippen molar-refractivity contribution in [1.82, 2.24) is 19.9 Å². The Hall–Kier alpha value is -3.04. The van der Waals surface area contributed by atoms with Crippen LogP contribution >= 0.6 is 22.9 Å². The fraction of sp³-hybridized carbons (Fsp3) is 0.269. The van der Waals surface area contributed by atoms with Crippen LogP contribution in [-0.4, -0.2) is 50.6 Å². The molecule has 1 atom stereocenters. The molecule has 6 rings (SSSR count). The summed E-state index contributed by atoms with van der Waals surface area (Å²) in [6.45, 7) is 5.58. The highest BCUT2D eigenvalue weighted by Gasteiger charge is 2.38. The Balaban J connectivity index is 1.31. The van der Waals surface area contributed by atoms with Gasteiger partial charge in [0, 0.05) is 28.5 Å². The lowest BCUT2D eigenvalue weighted by Gasteiger charge is -2.42. The number of hydrogen-bond acceptors (Lipinski definition) is 6. The number of hydrogen-bond donors (Lipinski definition) is 2. The number of amides is 1. The van der Waals surface area contributed by atoms with Gasteiger partial charge in [0.05, 0.1) is 51.9 Å². The van der Waals surface area contributed by atoms with Crippen LogP contribution in [0.1, 0.15) is 18.9 Å². The number of anilines is 1. The summed E-state index contributed by atoms with van der Waals surface area (Å²) in [5.41, 5.74) is 2.97. The summed E-state index contributed by atoms with van der Waals surface area (Å²) in [5.74, 6) is -0.137. The van der Waals surface area contributed by atoms with Crippen molar-refractivity contribution in [3.05, 3.63) is 64.9 Å². The maximum atomic E-state index is 13.6. The van der Waals surface area contributed by atoms with Gasteiger partial charge in [-0.1, -0.05) is 23.7 Å². The Kier molecular flexibility index (Phi) is 5.49. The smallest absolute Gasteiger partial charge is 0.244 e. The molecule has 4 heterocycles. The minimum Gasteiger partial charge on any atom is -0.372 e. The molecule has 1 aliphatic heterocycles. The monoisotopic (exact) mass is 505 g/mol. The SMILES string of the molecule is CC1(C)CN(Cc2nc3ccccc3s2)[C@H](C(=O)Nc2cc(Cl)cc3c2[nH]c2cnccc23)CO1. The van der Waals surface area contributed by atoms with Gasteiger partial charge >= 0.3 is 0 Å². The minimum absolute atomic E-state index is 0.137. The van der Waals surface area contributed by atoms with Gasteiger partial charge in [-0.25, -0.2) is 4.98 Å². The van der Waals surface area contributed by atoms with Crippen LogP contribution in [0.2, 0.25) is 5.02 Å². The summed E-state index contributed by atoms with van der Waals surface area (Å²) in [4.78, 5) is 28.1. The predicted octanol–water partition coefficient (Wildman–Crippen LogP) is 5.60. The van der Waals surface area contributed by atoms with Crippen LogP contribution < -0.4 is 5.32 Å². The number of nitrogens with zero attached hydrogens (tertiary/aromatic N) is 3. The average molecular weight is 506 g/mol. The summed E-state index contributed by atoms with van der Waals surface area (Å²) in [6.07, 6.45) is 3.52. The van der Waals surface area contributed by atoms with Gasteiger partial charge in [-0.05, 0) is 44.2 Å². The van der Waals surface area contributed by atoms with Gasteiger partial charge in [-0.3, -0.25) is 14.7 Å². The van der Waals surface area contributed by atoms with Crippen LogP contribution in [0.3, 0.4) is 0 Å². The lowest BCUT2D eigenvalue weighted by Crippen LogP contribution is -2.57. The molecule has 1 saturated heterocycles. The topological polar surface area (TPSA) is 83.1 Å². The molecule has 1 amide bonds. The first-order valence-electron chi connectivity index (χ1n) is 11.4. The molecule has 0 saturated carbocycles. The highest BCUT2D eigenvalue weighted by molar-refractivity contribution is 7.18. The number of fused-ring (bicyclic) bond motifs is 4. The van der Waals surface area contributed by atoms with Crippen molar-refractivity contribution in [2.45, 2.75) is 32.0 Å². The summed E-state index contributed by atoms with van der Waals surface area (Å²) < 4.78 is 7.21. The molecule has 5 aromatic rings. The fourth-order valence-corrected chi connectivity index (χ4v) is 5.97. The normalized spacial score (nSPS) is 18.4. The maximum absolute atomic E-state index is 13.6. The van der Waals surface area contributed by atoms with Crippen molar-refractivity contribution in [1.29, 1.82) is 0 Å². The van der Waals surface area contributed by atoms with Crippen LogP contribution in [0, 0.1) is 0 Å². The van der Waals surface area contributed by atoms with E-state index in [9.17, 15) is 4.79 Å². The third-order valence-electron chi connectivity index (χ3n) is 6.37. The highest BCUT2D eigenvalue weighted by Crippen LogP contribution is 2.34. The molecule has 1 fully saturated rings. The third kappa shape index (κ3) is 4.27. The van der Waals surface area contributed by atoms with Crippen molar-refractivity contribution in [2.24, 2.45) is 0 Å². The van der Waals surface area contributed by atoms with Crippen molar-refractivity contribution >= 4 is 66.6 Å². The van der Waals surface area contributed by atoms with E-state index in [4.69, 9.17) is 21.3 Å². The first kappa shape index (κ1) is 22.4. The van der Waals surface area contributed by atoms with Crippen molar-refractivity contribution in [2.75, 3.05) is 18.5 Å². The number of halogens is 1. The Morgan fingerprint density at radius 2 is 2.14 bits per heavy atom. The Bertz CT molecular complexity index is 1540. The number of carbonyl (C=O) groups is 1. The molecule has 1 aliphatic rings. The first-order valence-corrected chi connectivity index (χ1v) is 12.6. The van der Waals surface area contributed by atoms with E-state index in [1.165, 1.54) is 0 Å². The van der Waals surface area contributed by atoms with Gasteiger partial charge < -0.3 is 15.0 Å². The van der Waals surface area contributed by atoms with E-state index >= 15 is 0 Å². The molecule has 0 spiro atoms. The fourth-order valence-electron chi connectivity index (χ4n) is 4.76. The lowest BCUT2D eigenvalue weighted by atomic mass is 10.0. The Morgan fingerprint density at radius 3 is 3.00 bits per heavy atom. The number of aromatic amines is 1. The maximum Gasteiger partial charge on any atom is 0.244 e. The second kappa shape index (κ2) is 8.57. The number of para-hydroxylation sites is 1. The summed E-state index contributed by atoms with van der Waals surface area (Å²) >= 11 is 8.10. The van der Waals surface area contributed by atoms with Gasteiger partial charge in [0.1, 0.15) is 11.0 Å². The average Bonchev–Trinajstić information content (AvgIpc) is 3.39. The van der Waals surface area contributed by atoms with Crippen molar-refractivity contribution in [3.8, 4) is 0 Å². The lowest BCUT2D eigenvalue weighted by molar-refractivity contribution is -0.144. The van der Waals surface area contributed by atoms with E-state index < -0.39 is 6.04 Å². The molecule has 2 aromatic carbocycles. The highest BCUT2D eigenvalue weighted by atomic mass is 35.5. The molecule has 178 valence electrons. The predicted molar refractivity (Wildman–Crippen MR) is 141 cm³/mol. The van der Waals surface area contributed by atoms with E-state index in [1.807, 2.05) is 44.2 Å². The molecule has 0 aliphatic carbocycles. The Labute approximate surface area is 211 Å². The number of thiazole rings is 1. The molecule has 0 radical (unpaired) electrons. The molecule has 2 N–H and O–H groups in total. The number of aromatic nitrogens is 3. The summed E-state index contributed by atoms with van der Waals surface area (Å²) in [7, 11) is 0. The van der Waals surface area contributed by atoms with Gasteiger partial charge in [-0.2, -0.15) is 0 Å². The molecule has 0 unspecified atom stereocenters. The number of nitrogens with one attached hydrogen (secondary N) is 2. The standard InChI is InChI=1S/C26H24ClN5O2S/c1-26(2)14-32(12-23-29-18-5-3-4-6-22(18)35-23)21(13-34-26)25(33)31-19-10-15(27)9-17-16-7-8-28-11-20(16)30-24(17)19/h3-11,21,30H,12-14H2,1-2H3,(H,31,33)/t21-/m0/s1. The number of rotatable bonds is 4. The zero-order valence-electron chi connectivity index (χ0n) is 19.3. The van der Waals surface area contributed by atoms with Gasteiger partial charge in [0.25, 0.3) is 0 Å². The van der Waals surface area contributed by atoms with Crippen LogP contribution in [-0.2, 0) is 16.1 Å². The minimum atomic E-state index is -0.463. The van der Waals surface area contributed by atoms with E-state index in [1.54, 1.807) is 29.8 Å². The number of morpholine rings is 1. The first-order chi connectivity index (χ1) is 16.9. The molecule has 7 nitrogen and oxygen atoms in total. The van der Waals surface area contributed by atoms with Crippen LogP contribution in [0.4, 0.5) is 5.69 Å². The van der Waals surface area contributed by atoms with Crippen molar-refractivity contribution in [3.63, 3.8) is 0 Å². The second-order valence-corrected chi connectivity index (χ2v) is 11.0. The van der Waals surface area contributed by atoms with Crippen LogP contribution in [0.15, 0.2) is 54.9 Å². The van der Waals surface area contributed by atoms with Gasteiger partial charge in [-0.15, -0.1) is 11.3 Å². The van der Waals surface area contributed by atoms with E-state index in [2.05, 4.69) is 26.3 Å². The molecule has 35 heavy (non-hydrogen) atoms. The molecule has 9 heteroatoms. The zero-order chi connectivity index (χ0) is 24.2. The van der Waals surface area contributed by atoms with E-state index in [0.717, 1.165) is 37.0 Å². The Morgan fingerprint density at radius 1 is 1.29 bits per heavy atom. The second-order valence-electron chi connectivity index (χ2n) is 9.48. The molecule has 3 aromatic heterocycles. The van der Waals surface area contributed by atoms with E-state index in [-0.39, 0.29) is 11.5 Å². The summed E-state index contributed by atoms with van der Waals surface area (Å²) in [5, 5.41) is 6.60. The number of benzene rings is 2. The van der Waals surface area contributed by atoms with Gasteiger partial charge in [0.2, 0.25) is 5.91 Å². The third-order valence-corrected chi connectivity index (χ3v) is 7.61. The molecular formula is C26H24ClN5O2S. The van der Waals surface area contributed by atoms with Crippen LogP contribution in [0.5, 0.6) is 0 Å². The number of ether oxygens (including phenoxy) is 1. The zero-order valence-corrected chi connectivity index (χ0v) is 20.9. The quantitative estimate of drug-likeness (QED) is 0.332. The summed E-state index contributed by atoms with van der Waals surface area (Å²) in [6, 6.07) is 13.2. The van der Waals surface area contributed by atoms with Gasteiger partial charge in [0.15, 0.2) is 0 Å². The number of pyridine rings is 1. The number of H-pyrrole nitrogens is 1. The van der Waals surface area contributed by atoms with E-state index in [0.29, 0.717) is 30.4 Å². The molecular weight excluding hydrogens is 482 g/mol. The van der Waals surface area contributed by atoms with Crippen LogP contribution in [0.25, 0.3) is 32.0 Å².